The maximum Gasteiger partial charge on any atom is 0.240 e. The molecule has 0 aliphatic carbocycles. The Morgan fingerprint density at radius 3 is 2.85 bits per heavy atom. The Kier molecular flexibility index (Phi) is 3.76. The summed E-state index contributed by atoms with van der Waals surface area (Å²) in [5.74, 6) is 0.421. The zero-order valence-corrected chi connectivity index (χ0v) is 11.9. The monoisotopic (exact) mass is 274 g/mol. The van der Waals surface area contributed by atoms with Gasteiger partial charge >= 0.3 is 0 Å². The number of nitrogens with one attached hydrogen (secondary N) is 1. The molecule has 3 unspecified atom stereocenters. The first-order valence-corrected chi connectivity index (χ1v) is 7.42. The van der Waals surface area contributed by atoms with Gasteiger partial charge in [0.05, 0.1) is 12.1 Å². The highest BCUT2D eigenvalue weighted by atomic mass is 16.3. The van der Waals surface area contributed by atoms with Gasteiger partial charge < -0.3 is 15.3 Å². The number of benzene rings is 1. The maximum atomic E-state index is 12.6. The molecule has 3 atom stereocenters. The quantitative estimate of drug-likeness (QED) is 0.801. The highest BCUT2D eigenvalue weighted by Crippen LogP contribution is 2.21. The molecule has 4 nitrogen and oxygen atoms in total. The second kappa shape index (κ2) is 5.54. The number of aliphatic hydroxyl groups excluding tert-OH is 1. The van der Waals surface area contributed by atoms with Gasteiger partial charge in [-0.2, -0.15) is 0 Å². The number of rotatable bonds is 1. The predicted molar refractivity (Wildman–Crippen MR) is 77.1 cm³/mol. The largest absolute Gasteiger partial charge is 0.391 e. The fourth-order valence-electron chi connectivity index (χ4n) is 3.10. The zero-order chi connectivity index (χ0) is 14.1. The zero-order valence-electron chi connectivity index (χ0n) is 11.9. The lowest BCUT2D eigenvalue weighted by atomic mass is 9.92. The van der Waals surface area contributed by atoms with E-state index in [0.717, 1.165) is 25.9 Å². The molecule has 1 amide bonds. The van der Waals surface area contributed by atoms with Crippen molar-refractivity contribution in [1.82, 2.24) is 10.2 Å². The molecule has 1 saturated heterocycles. The van der Waals surface area contributed by atoms with Crippen LogP contribution in [0, 0.1) is 5.92 Å². The average molecular weight is 274 g/mol. The van der Waals surface area contributed by atoms with Crippen molar-refractivity contribution in [2.45, 2.75) is 38.5 Å². The molecule has 0 saturated carbocycles. The fraction of sp³-hybridized carbons (Fsp3) is 0.562. The Hall–Kier alpha value is -1.39. The maximum absolute atomic E-state index is 12.6. The highest BCUT2D eigenvalue weighted by molar-refractivity contribution is 5.82. The summed E-state index contributed by atoms with van der Waals surface area (Å²) in [6, 6.07) is 8.12. The molecule has 1 aromatic carbocycles. The molecule has 108 valence electrons. The predicted octanol–water partition coefficient (Wildman–Crippen LogP) is 0.930. The normalized spacial score (nSPS) is 29.9. The summed E-state index contributed by atoms with van der Waals surface area (Å²) in [5.41, 5.74) is 2.54. The minimum atomic E-state index is -0.386. The van der Waals surface area contributed by atoms with Gasteiger partial charge in [0, 0.05) is 19.6 Å². The number of amides is 1. The van der Waals surface area contributed by atoms with Gasteiger partial charge in [-0.15, -0.1) is 0 Å². The third-order valence-electron chi connectivity index (χ3n) is 4.61. The first kappa shape index (κ1) is 13.6. The molecule has 4 heteroatoms. The summed E-state index contributed by atoms with van der Waals surface area (Å²) < 4.78 is 0. The lowest BCUT2D eigenvalue weighted by Crippen LogP contribution is -2.54. The smallest absolute Gasteiger partial charge is 0.240 e. The van der Waals surface area contributed by atoms with Crippen molar-refractivity contribution in [2.75, 3.05) is 13.1 Å². The van der Waals surface area contributed by atoms with Gasteiger partial charge in [-0.1, -0.05) is 31.2 Å². The second-order valence-corrected chi connectivity index (χ2v) is 6.02. The molecule has 0 radical (unpaired) electrons. The molecule has 2 aliphatic rings. The Morgan fingerprint density at radius 2 is 2.10 bits per heavy atom. The number of hydrogen-bond donors (Lipinski definition) is 2. The van der Waals surface area contributed by atoms with Crippen molar-refractivity contribution >= 4 is 5.91 Å². The lowest BCUT2D eigenvalue weighted by Gasteiger charge is -2.37. The van der Waals surface area contributed by atoms with Crippen LogP contribution in [0.25, 0.3) is 0 Å². The summed E-state index contributed by atoms with van der Waals surface area (Å²) in [4.78, 5) is 14.4. The topological polar surface area (TPSA) is 52.6 Å². The van der Waals surface area contributed by atoms with Crippen LogP contribution in [0.15, 0.2) is 24.3 Å². The Bertz CT molecular complexity index is 503. The van der Waals surface area contributed by atoms with Gasteiger partial charge in [-0.3, -0.25) is 4.79 Å². The summed E-state index contributed by atoms with van der Waals surface area (Å²) in [5, 5.41) is 13.3. The number of carbonyl (C=O) groups is 1. The van der Waals surface area contributed by atoms with Crippen molar-refractivity contribution < 1.29 is 9.90 Å². The molecule has 0 spiro atoms. The third-order valence-corrected chi connectivity index (χ3v) is 4.61. The van der Waals surface area contributed by atoms with Gasteiger partial charge in [-0.05, 0) is 29.9 Å². The van der Waals surface area contributed by atoms with Gasteiger partial charge in [0.2, 0.25) is 5.91 Å². The molecule has 3 rings (SSSR count). The molecule has 2 aliphatic heterocycles. The molecule has 20 heavy (non-hydrogen) atoms. The van der Waals surface area contributed by atoms with E-state index in [0.29, 0.717) is 12.5 Å². The molecule has 1 aromatic rings. The number of likely N-dealkylation sites (tertiary alicyclic amines) is 1. The number of carbonyl (C=O) groups excluding carboxylic acids is 1. The molecule has 2 N–H and O–H groups in total. The fourth-order valence-corrected chi connectivity index (χ4v) is 3.10. The van der Waals surface area contributed by atoms with Gasteiger partial charge in [0.1, 0.15) is 0 Å². The van der Waals surface area contributed by atoms with Crippen molar-refractivity contribution in [2.24, 2.45) is 5.92 Å². The molecular formula is C16H22N2O2. The van der Waals surface area contributed by atoms with E-state index in [2.05, 4.69) is 17.4 Å². The first-order chi connectivity index (χ1) is 9.65. The van der Waals surface area contributed by atoms with E-state index >= 15 is 0 Å². The van der Waals surface area contributed by atoms with E-state index in [1.54, 1.807) is 0 Å². The van der Waals surface area contributed by atoms with E-state index < -0.39 is 0 Å². The SMILES string of the molecule is CC1CCN(C(=O)C2Cc3ccccc3CN2)CC1O. The minimum absolute atomic E-state index is 0.130. The number of fused-ring (bicyclic) bond motifs is 1. The molecule has 0 aromatic heterocycles. The first-order valence-electron chi connectivity index (χ1n) is 7.42. The van der Waals surface area contributed by atoms with E-state index in [1.807, 2.05) is 24.0 Å². The van der Waals surface area contributed by atoms with Gasteiger partial charge in [0.15, 0.2) is 0 Å². The number of nitrogens with zero attached hydrogens (tertiary/aromatic N) is 1. The molecule has 0 bridgehead atoms. The van der Waals surface area contributed by atoms with E-state index in [4.69, 9.17) is 0 Å². The van der Waals surface area contributed by atoms with Crippen molar-refractivity contribution in [3.63, 3.8) is 0 Å². The van der Waals surface area contributed by atoms with Crippen molar-refractivity contribution in [3.05, 3.63) is 35.4 Å². The van der Waals surface area contributed by atoms with E-state index in [-0.39, 0.29) is 18.1 Å². The third kappa shape index (κ3) is 2.58. The summed E-state index contributed by atoms with van der Waals surface area (Å²) in [7, 11) is 0. The van der Waals surface area contributed by atoms with Crippen molar-refractivity contribution in [3.8, 4) is 0 Å². The Morgan fingerprint density at radius 1 is 1.35 bits per heavy atom. The van der Waals surface area contributed by atoms with Crippen LogP contribution in [0.3, 0.4) is 0 Å². The second-order valence-electron chi connectivity index (χ2n) is 6.02. The summed E-state index contributed by atoms with van der Waals surface area (Å²) in [6.45, 7) is 4.03. The summed E-state index contributed by atoms with van der Waals surface area (Å²) >= 11 is 0. The Labute approximate surface area is 119 Å². The van der Waals surface area contributed by atoms with Crippen LogP contribution in [-0.4, -0.2) is 41.1 Å². The highest BCUT2D eigenvalue weighted by Gasteiger charge is 2.32. The molecule has 2 heterocycles. The van der Waals surface area contributed by atoms with Crippen LogP contribution >= 0.6 is 0 Å². The van der Waals surface area contributed by atoms with Gasteiger partial charge in [-0.25, -0.2) is 0 Å². The van der Waals surface area contributed by atoms with Crippen LogP contribution in [0.5, 0.6) is 0 Å². The van der Waals surface area contributed by atoms with Crippen LogP contribution in [0.1, 0.15) is 24.5 Å². The average Bonchev–Trinajstić information content (AvgIpc) is 2.49. The van der Waals surface area contributed by atoms with Crippen LogP contribution in [-0.2, 0) is 17.8 Å². The summed E-state index contributed by atoms with van der Waals surface area (Å²) in [6.07, 6.45) is 1.25. The number of β-amino-alcohol motifs (C(OH)–C–C–N with tert-alkyl or cyclic N) is 1. The Balaban J connectivity index is 1.67. The molecular weight excluding hydrogens is 252 g/mol. The minimum Gasteiger partial charge on any atom is -0.391 e. The van der Waals surface area contributed by atoms with E-state index in [9.17, 15) is 9.90 Å². The number of hydrogen-bond acceptors (Lipinski definition) is 3. The standard InChI is InChI=1S/C16H22N2O2/c1-11-6-7-18(10-15(11)19)16(20)14-8-12-4-2-3-5-13(12)9-17-14/h2-5,11,14-15,17,19H,6-10H2,1H3. The lowest BCUT2D eigenvalue weighted by molar-refractivity contribution is -0.137. The van der Waals surface area contributed by atoms with E-state index in [1.165, 1.54) is 11.1 Å². The number of aliphatic hydroxyl groups is 1. The van der Waals surface area contributed by atoms with Crippen LogP contribution in [0.2, 0.25) is 0 Å². The van der Waals surface area contributed by atoms with Crippen molar-refractivity contribution in [1.29, 1.82) is 0 Å². The van der Waals surface area contributed by atoms with Crippen LogP contribution in [0.4, 0.5) is 0 Å². The van der Waals surface area contributed by atoms with Crippen LogP contribution < -0.4 is 5.32 Å². The van der Waals surface area contributed by atoms with Gasteiger partial charge in [0.25, 0.3) is 0 Å². The number of piperidine rings is 1. The molecule has 1 fully saturated rings.